The number of pyridine rings is 3. The first-order valence-electron chi connectivity index (χ1n) is 9.68. The van der Waals surface area contributed by atoms with Gasteiger partial charge in [0.1, 0.15) is 5.65 Å². The molecule has 140 valence electrons. The topological polar surface area (TPSA) is 63.7 Å². The van der Waals surface area contributed by atoms with Crippen molar-refractivity contribution in [3.63, 3.8) is 0 Å². The lowest BCUT2D eigenvalue weighted by Crippen LogP contribution is -1.98. The number of rotatable bonds is 6. The van der Waals surface area contributed by atoms with E-state index in [1.807, 2.05) is 24.5 Å². The standard InChI is InChI=1S/C23H22N4O/c1-28-23-17(3-2-8-24-23)10-20-7-4-15(12-25-20)9-19-14-27-22-21(19)11-18(13-26-22)16-5-6-16/h2-4,7-8,11-14,16H,5-6,9-10H2,1H3,(H,26,27). The van der Waals surface area contributed by atoms with Crippen LogP contribution in [0.25, 0.3) is 11.0 Å². The molecule has 5 nitrogen and oxygen atoms in total. The van der Waals surface area contributed by atoms with Crippen LogP contribution in [0, 0.1) is 0 Å². The monoisotopic (exact) mass is 370 g/mol. The van der Waals surface area contributed by atoms with Crippen molar-refractivity contribution in [1.82, 2.24) is 19.9 Å². The van der Waals surface area contributed by atoms with Crippen LogP contribution in [-0.4, -0.2) is 27.0 Å². The number of fused-ring (bicyclic) bond motifs is 1. The fourth-order valence-corrected chi connectivity index (χ4v) is 3.68. The van der Waals surface area contributed by atoms with Gasteiger partial charge in [-0.2, -0.15) is 0 Å². The first kappa shape index (κ1) is 16.9. The lowest BCUT2D eigenvalue weighted by Gasteiger charge is -2.07. The first-order chi connectivity index (χ1) is 13.8. The zero-order chi connectivity index (χ0) is 18.9. The van der Waals surface area contributed by atoms with Gasteiger partial charge < -0.3 is 9.72 Å². The van der Waals surface area contributed by atoms with Gasteiger partial charge in [0.15, 0.2) is 0 Å². The normalized spacial score (nSPS) is 13.8. The van der Waals surface area contributed by atoms with E-state index in [-0.39, 0.29) is 0 Å². The van der Waals surface area contributed by atoms with Gasteiger partial charge in [-0.15, -0.1) is 0 Å². The number of aromatic amines is 1. The number of hydrogen-bond donors (Lipinski definition) is 1. The van der Waals surface area contributed by atoms with Crippen molar-refractivity contribution >= 4 is 11.0 Å². The SMILES string of the molecule is COc1ncccc1Cc1ccc(Cc2c[nH]c3ncc(C4CC4)cc23)cn1. The van der Waals surface area contributed by atoms with Gasteiger partial charge in [-0.1, -0.05) is 12.1 Å². The molecule has 0 atom stereocenters. The van der Waals surface area contributed by atoms with Crippen molar-refractivity contribution in [3.8, 4) is 5.88 Å². The van der Waals surface area contributed by atoms with Crippen molar-refractivity contribution in [1.29, 1.82) is 0 Å². The molecule has 0 amide bonds. The summed E-state index contributed by atoms with van der Waals surface area (Å²) in [7, 11) is 1.65. The van der Waals surface area contributed by atoms with E-state index in [1.54, 1.807) is 13.3 Å². The molecule has 1 aliphatic carbocycles. The number of nitrogens with zero attached hydrogens (tertiary/aromatic N) is 3. The Bertz CT molecular complexity index is 1110. The predicted molar refractivity (Wildman–Crippen MR) is 109 cm³/mol. The van der Waals surface area contributed by atoms with Crippen LogP contribution in [0.3, 0.4) is 0 Å². The number of methoxy groups -OCH3 is 1. The lowest BCUT2D eigenvalue weighted by molar-refractivity contribution is 0.393. The first-order valence-corrected chi connectivity index (χ1v) is 9.68. The van der Waals surface area contributed by atoms with Gasteiger partial charge in [-0.3, -0.25) is 4.98 Å². The van der Waals surface area contributed by atoms with Crippen molar-refractivity contribution < 1.29 is 4.74 Å². The summed E-state index contributed by atoms with van der Waals surface area (Å²) in [6, 6.07) is 10.5. The molecular formula is C23H22N4O. The number of ether oxygens (including phenoxy) is 1. The molecule has 1 saturated carbocycles. The minimum atomic E-state index is 0.658. The predicted octanol–water partition coefficient (Wildman–Crippen LogP) is 4.42. The summed E-state index contributed by atoms with van der Waals surface area (Å²) in [5.74, 6) is 1.37. The second kappa shape index (κ2) is 7.08. The van der Waals surface area contributed by atoms with Crippen LogP contribution in [-0.2, 0) is 12.8 Å². The van der Waals surface area contributed by atoms with Gasteiger partial charge in [0.05, 0.1) is 7.11 Å². The largest absolute Gasteiger partial charge is 0.481 e. The molecule has 0 aliphatic heterocycles. The third-order valence-electron chi connectivity index (χ3n) is 5.38. The summed E-state index contributed by atoms with van der Waals surface area (Å²) in [6.07, 6.45) is 11.9. The fraction of sp³-hybridized carbons (Fsp3) is 0.261. The molecule has 1 N–H and O–H groups in total. The Morgan fingerprint density at radius 1 is 1.04 bits per heavy atom. The van der Waals surface area contributed by atoms with Crippen molar-refractivity contribution in [2.45, 2.75) is 31.6 Å². The molecule has 0 spiro atoms. The maximum Gasteiger partial charge on any atom is 0.216 e. The minimum absolute atomic E-state index is 0.658. The van der Waals surface area contributed by atoms with Gasteiger partial charge in [-0.05, 0) is 53.6 Å². The van der Waals surface area contributed by atoms with E-state index in [0.29, 0.717) is 18.2 Å². The molecule has 4 aromatic heterocycles. The summed E-state index contributed by atoms with van der Waals surface area (Å²) in [6.45, 7) is 0. The highest BCUT2D eigenvalue weighted by Gasteiger charge is 2.24. The smallest absolute Gasteiger partial charge is 0.216 e. The maximum atomic E-state index is 5.33. The number of hydrogen-bond acceptors (Lipinski definition) is 4. The van der Waals surface area contributed by atoms with Gasteiger partial charge in [-0.25, -0.2) is 9.97 Å². The van der Waals surface area contributed by atoms with Crippen LogP contribution in [0.5, 0.6) is 5.88 Å². The molecule has 4 heterocycles. The Labute approximate surface area is 163 Å². The van der Waals surface area contributed by atoms with E-state index < -0.39 is 0 Å². The van der Waals surface area contributed by atoms with Crippen molar-refractivity contribution in [2.75, 3.05) is 7.11 Å². The van der Waals surface area contributed by atoms with E-state index in [0.717, 1.165) is 23.3 Å². The van der Waals surface area contributed by atoms with Crippen LogP contribution < -0.4 is 4.74 Å². The van der Waals surface area contributed by atoms with E-state index >= 15 is 0 Å². The molecule has 28 heavy (non-hydrogen) atoms. The fourth-order valence-electron chi connectivity index (χ4n) is 3.68. The quantitative estimate of drug-likeness (QED) is 0.546. The van der Waals surface area contributed by atoms with E-state index in [1.165, 1.54) is 34.9 Å². The van der Waals surface area contributed by atoms with Crippen LogP contribution in [0.4, 0.5) is 0 Å². The van der Waals surface area contributed by atoms with Crippen molar-refractivity contribution in [2.24, 2.45) is 0 Å². The molecule has 5 heteroatoms. The summed E-state index contributed by atoms with van der Waals surface area (Å²) < 4.78 is 5.33. The lowest BCUT2D eigenvalue weighted by atomic mass is 10.0. The Morgan fingerprint density at radius 3 is 2.75 bits per heavy atom. The zero-order valence-corrected chi connectivity index (χ0v) is 15.9. The third kappa shape index (κ3) is 3.36. The van der Waals surface area contributed by atoms with E-state index in [9.17, 15) is 0 Å². The molecule has 5 rings (SSSR count). The molecular weight excluding hydrogens is 348 g/mol. The van der Waals surface area contributed by atoms with Crippen molar-refractivity contribution in [3.05, 3.63) is 83.1 Å². The summed E-state index contributed by atoms with van der Waals surface area (Å²) in [5.41, 5.74) is 6.85. The average Bonchev–Trinajstić information content (AvgIpc) is 3.52. The van der Waals surface area contributed by atoms with Gasteiger partial charge in [0.25, 0.3) is 0 Å². The van der Waals surface area contributed by atoms with Gasteiger partial charge >= 0.3 is 0 Å². The highest BCUT2D eigenvalue weighted by atomic mass is 16.5. The van der Waals surface area contributed by atoms with Crippen LogP contribution in [0.15, 0.2) is 55.1 Å². The molecule has 0 unspecified atom stereocenters. The second-order valence-corrected chi connectivity index (χ2v) is 7.44. The highest BCUT2D eigenvalue weighted by molar-refractivity contribution is 5.80. The zero-order valence-electron chi connectivity index (χ0n) is 15.9. The molecule has 0 radical (unpaired) electrons. The Morgan fingerprint density at radius 2 is 1.96 bits per heavy atom. The van der Waals surface area contributed by atoms with E-state index in [4.69, 9.17) is 4.74 Å². The highest BCUT2D eigenvalue weighted by Crippen LogP contribution is 2.40. The molecule has 1 aliphatic rings. The van der Waals surface area contributed by atoms with Crippen LogP contribution >= 0.6 is 0 Å². The summed E-state index contributed by atoms with van der Waals surface area (Å²) in [5, 5.41) is 1.23. The Balaban J connectivity index is 1.35. The summed E-state index contributed by atoms with van der Waals surface area (Å²) >= 11 is 0. The number of aromatic nitrogens is 4. The van der Waals surface area contributed by atoms with Gasteiger partial charge in [0.2, 0.25) is 5.88 Å². The minimum Gasteiger partial charge on any atom is -0.481 e. The average molecular weight is 370 g/mol. The van der Waals surface area contributed by atoms with Crippen LogP contribution in [0.1, 0.15) is 46.7 Å². The van der Waals surface area contributed by atoms with Gasteiger partial charge in [0, 0.05) is 54.3 Å². The molecule has 0 saturated heterocycles. The Hall–Kier alpha value is -3.21. The molecule has 0 bridgehead atoms. The molecule has 1 fully saturated rings. The third-order valence-corrected chi connectivity index (χ3v) is 5.38. The number of nitrogens with one attached hydrogen (secondary N) is 1. The summed E-state index contributed by atoms with van der Waals surface area (Å²) in [4.78, 5) is 16.8. The molecule has 0 aromatic carbocycles. The maximum absolute atomic E-state index is 5.33. The van der Waals surface area contributed by atoms with Crippen LogP contribution in [0.2, 0.25) is 0 Å². The second-order valence-electron chi connectivity index (χ2n) is 7.44. The van der Waals surface area contributed by atoms with E-state index in [2.05, 4.69) is 44.3 Å². The molecule has 4 aromatic rings. The Kier molecular flexibility index (Phi) is 4.28. The number of H-pyrrole nitrogens is 1.